The number of benzene rings is 1. The Labute approximate surface area is 105 Å². The summed E-state index contributed by atoms with van der Waals surface area (Å²) in [6.07, 6.45) is 4.10. The summed E-state index contributed by atoms with van der Waals surface area (Å²) in [5.41, 5.74) is 1.01. The lowest BCUT2D eigenvalue weighted by molar-refractivity contribution is -0.141. The Hall–Kier alpha value is -2.23. The van der Waals surface area contributed by atoms with Crippen molar-refractivity contribution in [2.45, 2.75) is 12.8 Å². The van der Waals surface area contributed by atoms with Crippen molar-refractivity contribution in [1.29, 1.82) is 0 Å². The number of nitrogens with zero attached hydrogens (tertiary/aromatic N) is 2. The molecule has 0 spiro atoms. The van der Waals surface area contributed by atoms with Crippen LogP contribution < -0.4 is 0 Å². The maximum Gasteiger partial charge on any atom is 0.307 e. The van der Waals surface area contributed by atoms with Gasteiger partial charge in [0.1, 0.15) is 5.82 Å². The SMILES string of the molecule is O=C(O)C(Cc1ccccc1)Cc1ncccn1. The number of aromatic nitrogens is 2. The molecule has 1 unspecified atom stereocenters. The molecule has 0 aliphatic carbocycles. The third-order valence-electron chi connectivity index (χ3n) is 2.72. The van der Waals surface area contributed by atoms with Crippen LogP contribution in [0.3, 0.4) is 0 Å². The minimum atomic E-state index is -0.814. The zero-order valence-corrected chi connectivity index (χ0v) is 9.86. The van der Waals surface area contributed by atoms with Crippen LogP contribution in [0, 0.1) is 5.92 Å². The molecule has 1 heterocycles. The summed E-state index contributed by atoms with van der Waals surface area (Å²) in [4.78, 5) is 19.4. The fraction of sp³-hybridized carbons (Fsp3) is 0.214. The lowest BCUT2D eigenvalue weighted by Crippen LogP contribution is -2.20. The van der Waals surface area contributed by atoms with Crippen molar-refractivity contribution >= 4 is 5.97 Å². The van der Waals surface area contributed by atoms with E-state index < -0.39 is 11.9 Å². The van der Waals surface area contributed by atoms with Crippen LogP contribution in [0.15, 0.2) is 48.8 Å². The molecule has 0 amide bonds. The highest BCUT2D eigenvalue weighted by atomic mass is 16.4. The fourth-order valence-electron chi connectivity index (χ4n) is 1.80. The summed E-state index contributed by atoms with van der Waals surface area (Å²) in [5.74, 6) is -0.734. The van der Waals surface area contributed by atoms with Gasteiger partial charge in [-0.15, -0.1) is 0 Å². The van der Waals surface area contributed by atoms with Gasteiger partial charge in [0.25, 0.3) is 0 Å². The van der Waals surface area contributed by atoms with Crippen molar-refractivity contribution in [2.75, 3.05) is 0 Å². The van der Waals surface area contributed by atoms with E-state index >= 15 is 0 Å². The van der Waals surface area contributed by atoms with Crippen LogP contribution in [0.4, 0.5) is 0 Å². The molecule has 4 nitrogen and oxygen atoms in total. The van der Waals surface area contributed by atoms with Crippen LogP contribution in [0.2, 0.25) is 0 Å². The molecule has 0 fully saturated rings. The molecular weight excluding hydrogens is 228 g/mol. The van der Waals surface area contributed by atoms with E-state index in [9.17, 15) is 9.90 Å². The Morgan fingerprint density at radius 1 is 1.06 bits per heavy atom. The number of hydrogen-bond acceptors (Lipinski definition) is 3. The molecule has 0 bridgehead atoms. The zero-order valence-electron chi connectivity index (χ0n) is 9.86. The topological polar surface area (TPSA) is 63.1 Å². The van der Waals surface area contributed by atoms with Crippen LogP contribution >= 0.6 is 0 Å². The molecule has 1 atom stereocenters. The number of carboxylic acid groups (broad SMARTS) is 1. The van der Waals surface area contributed by atoms with Gasteiger partial charge in [-0.05, 0) is 18.1 Å². The number of hydrogen-bond donors (Lipinski definition) is 1. The van der Waals surface area contributed by atoms with E-state index in [4.69, 9.17) is 0 Å². The monoisotopic (exact) mass is 242 g/mol. The highest BCUT2D eigenvalue weighted by Gasteiger charge is 2.19. The standard InChI is InChI=1S/C14H14N2O2/c17-14(18)12(9-11-5-2-1-3-6-11)10-13-15-7-4-8-16-13/h1-8,12H,9-10H2,(H,17,18). The molecule has 0 aliphatic heterocycles. The molecule has 0 saturated heterocycles. The number of carboxylic acids is 1. The van der Waals surface area contributed by atoms with Gasteiger partial charge in [-0.2, -0.15) is 0 Å². The number of rotatable bonds is 5. The van der Waals surface area contributed by atoms with Crippen molar-refractivity contribution in [3.05, 3.63) is 60.2 Å². The normalized spacial score (nSPS) is 12.0. The fourth-order valence-corrected chi connectivity index (χ4v) is 1.80. The van der Waals surface area contributed by atoms with Crippen molar-refractivity contribution in [2.24, 2.45) is 5.92 Å². The molecule has 0 radical (unpaired) electrons. The third kappa shape index (κ3) is 3.38. The van der Waals surface area contributed by atoms with Gasteiger partial charge in [-0.25, -0.2) is 9.97 Å². The van der Waals surface area contributed by atoms with Gasteiger partial charge in [-0.1, -0.05) is 30.3 Å². The Morgan fingerprint density at radius 2 is 1.72 bits per heavy atom. The summed E-state index contributed by atoms with van der Waals surface area (Å²) < 4.78 is 0. The van der Waals surface area contributed by atoms with E-state index in [1.54, 1.807) is 18.5 Å². The summed E-state index contributed by atoms with van der Waals surface area (Å²) in [6, 6.07) is 11.3. The quantitative estimate of drug-likeness (QED) is 0.870. The van der Waals surface area contributed by atoms with Crippen LogP contribution in [0.5, 0.6) is 0 Å². The first kappa shape index (κ1) is 12.2. The molecule has 1 aromatic heterocycles. The van der Waals surface area contributed by atoms with E-state index in [0.29, 0.717) is 18.7 Å². The highest BCUT2D eigenvalue weighted by Crippen LogP contribution is 2.12. The van der Waals surface area contributed by atoms with Crippen LogP contribution in [-0.4, -0.2) is 21.0 Å². The Kier molecular flexibility index (Phi) is 4.02. The van der Waals surface area contributed by atoms with E-state index in [1.165, 1.54) is 0 Å². The third-order valence-corrected chi connectivity index (χ3v) is 2.72. The summed E-state index contributed by atoms with van der Waals surface area (Å²) >= 11 is 0. The number of aliphatic carboxylic acids is 1. The van der Waals surface area contributed by atoms with Gasteiger partial charge in [0.2, 0.25) is 0 Å². The number of carbonyl (C=O) groups is 1. The molecule has 92 valence electrons. The van der Waals surface area contributed by atoms with Crippen molar-refractivity contribution in [3.63, 3.8) is 0 Å². The highest BCUT2D eigenvalue weighted by molar-refractivity contribution is 5.70. The molecule has 2 aromatic rings. The van der Waals surface area contributed by atoms with Gasteiger partial charge in [-0.3, -0.25) is 4.79 Å². The second kappa shape index (κ2) is 5.91. The largest absolute Gasteiger partial charge is 0.481 e. The minimum absolute atomic E-state index is 0.352. The lowest BCUT2D eigenvalue weighted by atomic mass is 9.96. The van der Waals surface area contributed by atoms with Gasteiger partial charge < -0.3 is 5.11 Å². The second-order valence-corrected chi connectivity index (χ2v) is 4.09. The molecule has 4 heteroatoms. The second-order valence-electron chi connectivity index (χ2n) is 4.09. The predicted octanol–water partition coefficient (Wildman–Crippen LogP) is 1.96. The Bertz CT molecular complexity index is 458. The smallest absolute Gasteiger partial charge is 0.307 e. The van der Waals surface area contributed by atoms with Crippen LogP contribution in [-0.2, 0) is 17.6 Å². The van der Waals surface area contributed by atoms with E-state index in [2.05, 4.69) is 9.97 Å². The van der Waals surface area contributed by atoms with E-state index in [1.807, 2.05) is 30.3 Å². The average molecular weight is 242 g/mol. The maximum atomic E-state index is 11.3. The van der Waals surface area contributed by atoms with Crippen LogP contribution in [0.1, 0.15) is 11.4 Å². The first-order chi connectivity index (χ1) is 8.75. The molecule has 1 aromatic carbocycles. The predicted molar refractivity (Wildman–Crippen MR) is 67.0 cm³/mol. The molecular formula is C14H14N2O2. The average Bonchev–Trinajstić information content (AvgIpc) is 2.40. The van der Waals surface area contributed by atoms with Gasteiger partial charge in [0.15, 0.2) is 0 Å². The minimum Gasteiger partial charge on any atom is -0.481 e. The van der Waals surface area contributed by atoms with E-state index in [-0.39, 0.29) is 0 Å². The molecule has 1 N–H and O–H groups in total. The van der Waals surface area contributed by atoms with Crippen LogP contribution in [0.25, 0.3) is 0 Å². The Balaban J connectivity index is 2.08. The van der Waals surface area contributed by atoms with Gasteiger partial charge >= 0.3 is 5.97 Å². The summed E-state index contributed by atoms with van der Waals surface area (Å²) in [7, 11) is 0. The molecule has 0 aliphatic rings. The molecule has 0 saturated carbocycles. The molecule has 2 rings (SSSR count). The van der Waals surface area contributed by atoms with Gasteiger partial charge in [0.05, 0.1) is 5.92 Å². The first-order valence-electron chi connectivity index (χ1n) is 5.78. The van der Waals surface area contributed by atoms with Gasteiger partial charge in [0, 0.05) is 18.8 Å². The zero-order chi connectivity index (χ0) is 12.8. The summed E-state index contributed by atoms with van der Waals surface area (Å²) in [6.45, 7) is 0. The summed E-state index contributed by atoms with van der Waals surface area (Å²) in [5, 5.41) is 9.24. The Morgan fingerprint density at radius 3 is 2.33 bits per heavy atom. The van der Waals surface area contributed by atoms with Crippen molar-refractivity contribution in [1.82, 2.24) is 9.97 Å². The van der Waals surface area contributed by atoms with Crippen molar-refractivity contribution < 1.29 is 9.90 Å². The first-order valence-corrected chi connectivity index (χ1v) is 5.78. The van der Waals surface area contributed by atoms with Crippen molar-refractivity contribution in [3.8, 4) is 0 Å². The lowest BCUT2D eigenvalue weighted by Gasteiger charge is -2.11. The maximum absolute atomic E-state index is 11.3. The molecule has 18 heavy (non-hydrogen) atoms. The van der Waals surface area contributed by atoms with E-state index in [0.717, 1.165) is 5.56 Å².